The molecule has 0 saturated carbocycles. The van der Waals surface area contributed by atoms with Crippen LogP contribution >= 0.6 is 24.0 Å². The molecule has 0 saturated heterocycles. The lowest BCUT2D eigenvalue weighted by Gasteiger charge is -1.97. The Morgan fingerprint density at radius 3 is 2.56 bits per heavy atom. The topological polar surface area (TPSA) is 30.7 Å². The fraction of sp³-hybridized carbons (Fsp3) is 0.500. The van der Waals surface area contributed by atoms with E-state index >= 15 is 0 Å². The summed E-state index contributed by atoms with van der Waals surface area (Å²) in [6.07, 6.45) is 3.32. The lowest BCUT2D eigenvalue weighted by Crippen LogP contribution is -1.97. The summed E-state index contributed by atoms with van der Waals surface area (Å²) in [4.78, 5) is 0. The predicted octanol–water partition coefficient (Wildman–Crippen LogP) is 1.46. The van der Waals surface area contributed by atoms with Crippen molar-refractivity contribution in [1.82, 2.24) is 15.0 Å². The van der Waals surface area contributed by atoms with Crippen molar-refractivity contribution in [2.75, 3.05) is 0 Å². The third kappa shape index (κ3) is 2.20. The van der Waals surface area contributed by atoms with Gasteiger partial charge >= 0.3 is 0 Å². The maximum atomic E-state index is 5.60. The Bertz CT molecular complexity index is 149. The molecular weight excluding hydrogens is 161 g/mol. The number of nitrogens with zero attached hydrogens (tertiary/aromatic N) is 3. The van der Waals surface area contributed by atoms with Crippen molar-refractivity contribution >= 4 is 24.0 Å². The van der Waals surface area contributed by atoms with E-state index < -0.39 is 0 Å². The van der Waals surface area contributed by atoms with Gasteiger partial charge in [0.05, 0.1) is 6.20 Å². The Kier molecular flexibility index (Phi) is 3.58. The molecule has 0 spiro atoms. The molecule has 1 atom stereocenters. The van der Waals surface area contributed by atoms with Gasteiger partial charge in [-0.2, -0.15) is 0 Å². The maximum Gasteiger partial charge on any atom is 0.124 e. The number of aromatic nitrogens is 3. The van der Waals surface area contributed by atoms with Gasteiger partial charge in [0, 0.05) is 6.20 Å². The second kappa shape index (κ2) is 3.69. The van der Waals surface area contributed by atoms with E-state index in [0.29, 0.717) is 0 Å². The quantitative estimate of drug-likeness (QED) is 0.594. The normalized spacial score (nSPS) is 12.2. The van der Waals surface area contributed by atoms with Crippen LogP contribution in [0.25, 0.3) is 0 Å². The molecule has 0 aliphatic heterocycles. The van der Waals surface area contributed by atoms with Gasteiger partial charge in [-0.05, 0) is 6.92 Å². The van der Waals surface area contributed by atoms with Gasteiger partial charge < -0.3 is 0 Å². The average Bonchev–Trinajstić information content (AvgIpc) is 2.12. The zero-order chi connectivity index (χ0) is 5.98. The first kappa shape index (κ1) is 8.72. The predicted molar refractivity (Wildman–Crippen MR) is 37.8 cm³/mol. The molecule has 0 fully saturated rings. The molecule has 0 aromatic carbocycles. The minimum atomic E-state index is -0.0995. The molecule has 1 rings (SSSR count). The molecule has 0 aliphatic rings. The van der Waals surface area contributed by atoms with Gasteiger partial charge in [0.2, 0.25) is 0 Å². The second-order valence-corrected chi connectivity index (χ2v) is 2.09. The lowest BCUT2D eigenvalue weighted by molar-refractivity contribution is 0.604. The first-order chi connectivity index (χ1) is 3.80. The van der Waals surface area contributed by atoms with Crippen molar-refractivity contribution in [3.05, 3.63) is 12.4 Å². The Labute approximate surface area is 64.4 Å². The molecule has 0 radical (unpaired) electrons. The van der Waals surface area contributed by atoms with Gasteiger partial charge in [-0.3, -0.25) is 0 Å². The Hall–Kier alpha value is -0.280. The fourth-order valence-electron chi connectivity index (χ4n) is 0.407. The molecule has 0 amide bonds. The van der Waals surface area contributed by atoms with Crippen molar-refractivity contribution in [2.45, 2.75) is 12.4 Å². The van der Waals surface area contributed by atoms with Crippen LogP contribution in [0.15, 0.2) is 12.4 Å². The summed E-state index contributed by atoms with van der Waals surface area (Å²) in [5, 5.41) is 7.22. The highest BCUT2D eigenvalue weighted by Gasteiger charge is 1.95. The summed E-state index contributed by atoms with van der Waals surface area (Å²) in [6, 6.07) is 0. The van der Waals surface area contributed by atoms with Crippen LogP contribution in [0.1, 0.15) is 12.4 Å². The summed E-state index contributed by atoms with van der Waals surface area (Å²) >= 11 is 5.60. The number of rotatable bonds is 1. The summed E-state index contributed by atoms with van der Waals surface area (Å²) in [6.45, 7) is 1.83. The molecule has 0 bridgehead atoms. The molecule has 1 aromatic heterocycles. The Morgan fingerprint density at radius 2 is 2.33 bits per heavy atom. The number of halogens is 2. The van der Waals surface area contributed by atoms with E-state index in [1.807, 2.05) is 6.92 Å². The monoisotopic (exact) mass is 167 g/mol. The highest BCUT2D eigenvalue weighted by atomic mass is 35.5. The van der Waals surface area contributed by atoms with Crippen molar-refractivity contribution in [1.29, 1.82) is 0 Å². The highest BCUT2D eigenvalue weighted by Crippen LogP contribution is 2.05. The van der Waals surface area contributed by atoms with Gasteiger partial charge in [-0.15, -0.1) is 17.5 Å². The van der Waals surface area contributed by atoms with Crippen LogP contribution in [-0.2, 0) is 0 Å². The van der Waals surface area contributed by atoms with Crippen LogP contribution in [0, 0.1) is 0 Å². The van der Waals surface area contributed by atoms with E-state index in [1.165, 1.54) is 0 Å². The summed E-state index contributed by atoms with van der Waals surface area (Å²) in [5.41, 5.74) is -0.0995. The zero-order valence-corrected chi connectivity index (χ0v) is 6.43. The van der Waals surface area contributed by atoms with Gasteiger partial charge in [0.15, 0.2) is 0 Å². The van der Waals surface area contributed by atoms with Crippen LogP contribution in [0.5, 0.6) is 0 Å². The molecule has 0 N–H and O–H groups in total. The molecule has 0 aliphatic carbocycles. The summed E-state index contributed by atoms with van der Waals surface area (Å²) in [5.74, 6) is 0. The second-order valence-electron chi connectivity index (χ2n) is 1.46. The van der Waals surface area contributed by atoms with Gasteiger partial charge in [0.1, 0.15) is 5.50 Å². The van der Waals surface area contributed by atoms with E-state index in [-0.39, 0.29) is 17.9 Å². The van der Waals surface area contributed by atoms with E-state index in [1.54, 1.807) is 17.1 Å². The maximum absolute atomic E-state index is 5.60. The molecule has 1 unspecified atom stereocenters. The largest absolute Gasteiger partial charge is 0.235 e. The number of hydrogen-bond acceptors (Lipinski definition) is 2. The minimum absolute atomic E-state index is 0. The van der Waals surface area contributed by atoms with Crippen LogP contribution < -0.4 is 0 Å². The molecule has 9 heavy (non-hydrogen) atoms. The van der Waals surface area contributed by atoms with Crippen LogP contribution in [0.3, 0.4) is 0 Å². The van der Waals surface area contributed by atoms with Crippen molar-refractivity contribution in [2.24, 2.45) is 0 Å². The molecule has 3 nitrogen and oxygen atoms in total. The standard InChI is InChI=1S/C4H6ClN3.ClH/c1-4(5)8-3-2-6-7-8;/h2-4H,1H3;1H. The summed E-state index contributed by atoms with van der Waals surface area (Å²) in [7, 11) is 0. The Balaban J connectivity index is 0.000000640. The van der Waals surface area contributed by atoms with Crippen molar-refractivity contribution < 1.29 is 0 Å². The molecule has 52 valence electrons. The first-order valence-corrected chi connectivity index (χ1v) is 2.74. The molecule has 1 aromatic rings. The van der Waals surface area contributed by atoms with Crippen LogP contribution in [-0.4, -0.2) is 15.0 Å². The van der Waals surface area contributed by atoms with Gasteiger partial charge in [-0.1, -0.05) is 16.8 Å². The van der Waals surface area contributed by atoms with Gasteiger partial charge in [0.25, 0.3) is 0 Å². The van der Waals surface area contributed by atoms with Crippen LogP contribution in [0.2, 0.25) is 0 Å². The summed E-state index contributed by atoms with van der Waals surface area (Å²) < 4.78 is 1.57. The highest BCUT2D eigenvalue weighted by molar-refractivity contribution is 6.18. The third-order valence-electron chi connectivity index (χ3n) is 0.806. The minimum Gasteiger partial charge on any atom is -0.235 e. The molecule has 1 heterocycles. The Morgan fingerprint density at radius 1 is 1.67 bits per heavy atom. The van der Waals surface area contributed by atoms with E-state index in [4.69, 9.17) is 11.6 Å². The van der Waals surface area contributed by atoms with E-state index in [2.05, 4.69) is 10.3 Å². The van der Waals surface area contributed by atoms with Gasteiger partial charge in [-0.25, -0.2) is 4.68 Å². The number of hydrogen-bond donors (Lipinski definition) is 0. The smallest absolute Gasteiger partial charge is 0.124 e. The number of alkyl halides is 1. The SMILES string of the molecule is CC(Cl)n1ccnn1.Cl. The molecule has 5 heteroatoms. The van der Waals surface area contributed by atoms with E-state index in [9.17, 15) is 0 Å². The third-order valence-corrected chi connectivity index (χ3v) is 1.01. The molecular formula is C4H7Cl2N3. The average molecular weight is 168 g/mol. The fourth-order valence-corrected chi connectivity index (χ4v) is 0.511. The lowest BCUT2D eigenvalue weighted by atomic mass is 10.7. The first-order valence-electron chi connectivity index (χ1n) is 2.30. The van der Waals surface area contributed by atoms with Crippen LogP contribution in [0.4, 0.5) is 0 Å². The van der Waals surface area contributed by atoms with Crippen molar-refractivity contribution in [3.63, 3.8) is 0 Å². The van der Waals surface area contributed by atoms with Crippen molar-refractivity contribution in [3.8, 4) is 0 Å². The van der Waals surface area contributed by atoms with E-state index in [0.717, 1.165) is 0 Å². The zero-order valence-electron chi connectivity index (χ0n) is 4.86.